The second-order valence-corrected chi connectivity index (χ2v) is 6.13. The van der Waals surface area contributed by atoms with Crippen molar-refractivity contribution in [3.8, 4) is 0 Å². The SMILES string of the molecule is NNC(=O)CCCCCSc1nnnn1C1CCCC1. The normalized spacial score (nSPS) is 15.7. The molecule has 1 aromatic heterocycles. The smallest absolute Gasteiger partial charge is 0.233 e. The highest BCUT2D eigenvalue weighted by Gasteiger charge is 2.21. The van der Waals surface area contributed by atoms with Crippen molar-refractivity contribution < 1.29 is 4.79 Å². The molecule has 20 heavy (non-hydrogen) atoms. The summed E-state index contributed by atoms with van der Waals surface area (Å²) in [4.78, 5) is 11.0. The van der Waals surface area contributed by atoms with Crippen LogP contribution in [0.15, 0.2) is 5.16 Å². The molecule has 0 spiro atoms. The van der Waals surface area contributed by atoms with Crippen LogP contribution in [0.2, 0.25) is 0 Å². The minimum absolute atomic E-state index is 0.0946. The molecule has 0 atom stereocenters. The maximum Gasteiger partial charge on any atom is 0.233 e. The van der Waals surface area contributed by atoms with Gasteiger partial charge in [0.25, 0.3) is 0 Å². The molecule has 0 aliphatic heterocycles. The Kier molecular flexibility index (Phi) is 6.25. The Morgan fingerprint density at radius 2 is 2.15 bits per heavy atom. The number of thioether (sulfide) groups is 1. The number of carbonyl (C=O) groups excluding carboxylic acids is 1. The van der Waals surface area contributed by atoms with Crippen LogP contribution in [0, 0.1) is 0 Å². The molecule has 1 fully saturated rings. The molecular weight excluding hydrogens is 276 g/mol. The first-order valence-electron chi connectivity index (χ1n) is 7.21. The lowest BCUT2D eigenvalue weighted by molar-refractivity contribution is -0.121. The summed E-state index contributed by atoms with van der Waals surface area (Å²) in [6, 6.07) is 0.487. The van der Waals surface area contributed by atoms with Crippen LogP contribution < -0.4 is 11.3 Å². The Morgan fingerprint density at radius 3 is 2.90 bits per heavy atom. The van der Waals surface area contributed by atoms with Crippen molar-refractivity contribution in [2.75, 3.05) is 5.75 Å². The topological polar surface area (TPSA) is 98.7 Å². The Bertz CT molecular complexity index is 418. The summed E-state index contributed by atoms with van der Waals surface area (Å²) >= 11 is 1.71. The number of tetrazole rings is 1. The van der Waals surface area contributed by atoms with Crippen molar-refractivity contribution in [1.82, 2.24) is 25.6 Å². The highest BCUT2D eigenvalue weighted by atomic mass is 32.2. The van der Waals surface area contributed by atoms with Crippen LogP contribution in [-0.4, -0.2) is 31.9 Å². The van der Waals surface area contributed by atoms with Crippen molar-refractivity contribution in [2.24, 2.45) is 5.84 Å². The third-order valence-corrected chi connectivity index (χ3v) is 4.59. The summed E-state index contributed by atoms with van der Waals surface area (Å²) in [6.07, 6.45) is 8.37. The molecular formula is C12H22N6OS. The van der Waals surface area contributed by atoms with E-state index in [9.17, 15) is 4.79 Å². The molecule has 1 aliphatic carbocycles. The first-order chi connectivity index (χ1) is 9.81. The zero-order valence-electron chi connectivity index (χ0n) is 11.6. The standard InChI is InChI=1S/C12H22N6OS/c13-14-11(19)8-2-1-5-9-20-12-15-16-17-18(12)10-6-3-4-7-10/h10H,1-9,13H2,(H,14,19). The van der Waals surface area contributed by atoms with E-state index >= 15 is 0 Å². The predicted molar refractivity (Wildman–Crippen MR) is 76.8 cm³/mol. The lowest BCUT2D eigenvalue weighted by Gasteiger charge is -2.10. The van der Waals surface area contributed by atoms with Gasteiger partial charge in [-0.3, -0.25) is 10.2 Å². The second-order valence-electron chi connectivity index (χ2n) is 5.07. The fourth-order valence-corrected chi connectivity index (χ4v) is 3.40. The van der Waals surface area contributed by atoms with Crippen molar-refractivity contribution in [3.63, 3.8) is 0 Å². The highest BCUT2D eigenvalue weighted by molar-refractivity contribution is 7.99. The van der Waals surface area contributed by atoms with E-state index in [1.807, 2.05) is 4.68 Å². The summed E-state index contributed by atoms with van der Waals surface area (Å²) in [5.41, 5.74) is 2.14. The second kappa shape index (κ2) is 8.21. The van der Waals surface area contributed by atoms with Crippen LogP contribution in [0.1, 0.15) is 57.4 Å². The van der Waals surface area contributed by atoms with Crippen LogP contribution in [0.3, 0.4) is 0 Å². The highest BCUT2D eigenvalue weighted by Crippen LogP contribution is 2.31. The van der Waals surface area contributed by atoms with Crippen LogP contribution in [0.4, 0.5) is 0 Å². The maximum atomic E-state index is 11.0. The number of unbranched alkanes of at least 4 members (excludes halogenated alkanes) is 2. The number of nitrogens with two attached hydrogens (primary N) is 1. The van der Waals surface area contributed by atoms with Crippen LogP contribution in [0.5, 0.6) is 0 Å². The van der Waals surface area contributed by atoms with Gasteiger partial charge >= 0.3 is 0 Å². The van der Waals surface area contributed by atoms with Gasteiger partial charge in [0.2, 0.25) is 11.1 Å². The number of hydrogen-bond donors (Lipinski definition) is 2. The lowest BCUT2D eigenvalue weighted by Crippen LogP contribution is -2.29. The summed E-state index contributed by atoms with van der Waals surface area (Å²) < 4.78 is 1.99. The fraction of sp³-hybridized carbons (Fsp3) is 0.833. The third kappa shape index (κ3) is 4.45. The number of nitrogens with one attached hydrogen (secondary N) is 1. The van der Waals surface area contributed by atoms with Crippen molar-refractivity contribution in [1.29, 1.82) is 0 Å². The molecule has 0 unspecified atom stereocenters. The fourth-order valence-electron chi connectivity index (χ4n) is 2.46. The Labute approximate surface area is 123 Å². The van der Waals surface area contributed by atoms with E-state index in [1.54, 1.807) is 11.8 Å². The number of nitrogens with zero attached hydrogens (tertiary/aromatic N) is 4. The average molecular weight is 298 g/mol. The van der Waals surface area contributed by atoms with E-state index < -0.39 is 0 Å². The lowest BCUT2D eigenvalue weighted by atomic mass is 10.2. The summed E-state index contributed by atoms with van der Waals surface area (Å²) in [7, 11) is 0. The summed E-state index contributed by atoms with van der Waals surface area (Å²) in [5, 5.41) is 12.9. The maximum absolute atomic E-state index is 11.0. The van der Waals surface area contributed by atoms with Crippen molar-refractivity contribution in [2.45, 2.75) is 62.6 Å². The van der Waals surface area contributed by atoms with E-state index in [0.717, 1.165) is 30.2 Å². The molecule has 1 heterocycles. The molecule has 3 N–H and O–H groups in total. The molecule has 112 valence electrons. The van der Waals surface area contributed by atoms with Gasteiger partial charge in [0, 0.05) is 12.2 Å². The number of hydrazine groups is 1. The van der Waals surface area contributed by atoms with Gasteiger partial charge in [0.15, 0.2) is 0 Å². The van der Waals surface area contributed by atoms with Gasteiger partial charge in [0.1, 0.15) is 0 Å². The van der Waals surface area contributed by atoms with Gasteiger partial charge in [-0.15, -0.1) is 5.10 Å². The van der Waals surface area contributed by atoms with Crippen LogP contribution >= 0.6 is 11.8 Å². The van der Waals surface area contributed by atoms with E-state index in [2.05, 4.69) is 21.0 Å². The first-order valence-corrected chi connectivity index (χ1v) is 8.20. The zero-order valence-corrected chi connectivity index (χ0v) is 12.4. The molecule has 1 aromatic rings. The molecule has 2 rings (SSSR count). The van der Waals surface area contributed by atoms with E-state index in [1.165, 1.54) is 25.7 Å². The van der Waals surface area contributed by atoms with Gasteiger partial charge < -0.3 is 0 Å². The summed E-state index contributed by atoms with van der Waals surface area (Å²) in [5.74, 6) is 5.91. The molecule has 8 heteroatoms. The van der Waals surface area contributed by atoms with Gasteiger partial charge in [-0.1, -0.05) is 31.0 Å². The van der Waals surface area contributed by atoms with Crippen LogP contribution in [-0.2, 0) is 4.79 Å². The van der Waals surface area contributed by atoms with E-state index in [-0.39, 0.29) is 5.91 Å². The van der Waals surface area contributed by atoms with Crippen LogP contribution in [0.25, 0.3) is 0 Å². The molecule has 0 radical (unpaired) electrons. The van der Waals surface area contributed by atoms with Crippen molar-refractivity contribution >= 4 is 17.7 Å². The zero-order chi connectivity index (χ0) is 14.2. The average Bonchev–Trinajstić information content (AvgIpc) is 3.12. The van der Waals surface area contributed by atoms with E-state index in [4.69, 9.17) is 5.84 Å². The summed E-state index contributed by atoms with van der Waals surface area (Å²) in [6.45, 7) is 0. The van der Waals surface area contributed by atoms with Gasteiger partial charge in [-0.2, -0.15) is 0 Å². The van der Waals surface area contributed by atoms with Gasteiger partial charge in [-0.25, -0.2) is 10.5 Å². The third-order valence-electron chi connectivity index (χ3n) is 3.57. The molecule has 1 aliphatic rings. The quantitative estimate of drug-likeness (QED) is 0.248. The molecule has 0 aromatic carbocycles. The Balaban J connectivity index is 1.64. The largest absolute Gasteiger partial charge is 0.294 e. The van der Waals surface area contributed by atoms with Crippen molar-refractivity contribution in [3.05, 3.63) is 0 Å². The number of rotatable bonds is 8. The number of carbonyl (C=O) groups is 1. The minimum atomic E-state index is -0.0946. The Morgan fingerprint density at radius 1 is 1.35 bits per heavy atom. The van der Waals surface area contributed by atoms with E-state index in [0.29, 0.717) is 12.5 Å². The Hall–Kier alpha value is -1.15. The predicted octanol–water partition coefficient (Wildman–Crippen LogP) is 1.43. The first kappa shape index (κ1) is 15.2. The van der Waals surface area contributed by atoms with Gasteiger partial charge in [-0.05, 0) is 36.1 Å². The molecule has 0 bridgehead atoms. The molecule has 7 nitrogen and oxygen atoms in total. The minimum Gasteiger partial charge on any atom is -0.294 e. The number of amides is 1. The molecule has 0 saturated heterocycles. The number of hydrogen-bond acceptors (Lipinski definition) is 6. The molecule has 1 saturated carbocycles. The monoisotopic (exact) mass is 298 g/mol. The van der Waals surface area contributed by atoms with Gasteiger partial charge in [0.05, 0.1) is 6.04 Å². The number of aromatic nitrogens is 4. The molecule has 1 amide bonds.